The predicted molar refractivity (Wildman–Crippen MR) is 257 cm³/mol. The van der Waals surface area contributed by atoms with Gasteiger partial charge in [-0.25, -0.2) is 0 Å². The van der Waals surface area contributed by atoms with Crippen molar-refractivity contribution in [3.63, 3.8) is 0 Å². The first-order valence-corrected chi connectivity index (χ1v) is 26.9. The number of carbonyl (C=O) groups is 3. The zero-order chi connectivity index (χ0) is 43.8. The van der Waals surface area contributed by atoms with Crippen LogP contribution in [0.25, 0.3) is 0 Å². The molecule has 0 aliphatic heterocycles. The van der Waals surface area contributed by atoms with E-state index in [1.807, 2.05) is 0 Å². The fraction of sp³-hybridized carbons (Fsp3) is 0.944. The number of rotatable bonds is 49. The van der Waals surface area contributed by atoms with Gasteiger partial charge in [0.05, 0.1) is 0 Å². The zero-order valence-corrected chi connectivity index (χ0v) is 40.9. The highest BCUT2D eigenvalue weighted by Gasteiger charge is 2.19. The van der Waals surface area contributed by atoms with E-state index in [0.29, 0.717) is 19.3 Å². The van der Waals surface area contributed by atoms with E-state index in [2.05, 4.69) is 27.7 Å². The van der Waals surface area contributed by atoms with Gasteiger partial charge in [0.2, 0.25) is 0 Å². The van der Waals surface area contributed by atoms with Crippen LogP contribution < -0.4 is 0 Å². The minimum absolute atomic E-state index is 0.0629. The van der Waals surface area contributed by atoms with Gasteiger partial charge in [0, 0.05) is 19.3 Å². The monoisotopic (exact) mass is 849 g/mol. The first kappa shape index (κ1) is 58.4. The molecule has 356 valence electrons. The Hall–Kier alpha value is -1.59. The summed E-state index contributed by atoms with van der Waals surface area (Å²) in [5.41, 5.74) is 0. The molecule has 0 N–H and O–H groups in total. The second-order valence-electron chi connectivity index (χ2n) is 18.8. The van der Waals surface area contributed by atoms with Crippen molar-refractivity contribution < 1.29 is 28.6 Å². The molecule has 6 nitrogen and oxygen atoms in total. The van der Waals surface area contributed by atoms with Crippen LogP contribution in [0.15, 0.2) is 0 Å². The maximum absolute atomic E-state index is 12.8. The van der Waals surface area contributed by atoms with E-state index in [1.54, 1.807) is 0 Å². The average molecular weight is 849 g/mol. The van der Waals surface area contributed by atoms with Crippen molar-refractivity contribution >= 4 is 17.9 Å². The molecule has 0 amide bonds. The average Bonchev–Trinajstić information content (AvgIpc) is 3.25. The van der Waals surface area contributed by atoms with Gasteiger partial charge >= 0.3 is 17.9 Å². The molecule has 2 atom stereocenters. The lowest BCUT2D eigenvalue weighted by Crippen LogP contribution is -2.30. The van der Waals surface area contributed by atoms with Gasteiger partial charge in [-0.1, -0.05) is 265 Å². The van der Waals surface area contributed by atoms with E-state index in [9.17, 15) is 14.4 Å². The maximum Gasteiger partial charge on any atom is 0.306 e. The van der Waals surface area contributed by atoms with Crippen LogP contribution in [0, 0.1) is 5.92 Å². The standard InChI is InChI=1S/C54H104O6/c1-5-8-10-12-14-15-16-23-27-30-34-38-42-46-53(56)59-49-51(48-58-52(55)45-41-37-32-13-11-9-6-2)60-54(57)47-43-39-35-31-28-25-22-20-18-17-19-21-24-26-29-33-36-40-44-50(4)7-3/h50-51H,5-49H2,1-4H3/t50?,51-/m1/s1. The van der Waals surface area contributed by atoms with Gasteiger partial charge in [-0.2, -0.15) is 0 Å². The molecular weight excluding hydrogens is 745 g/mol. The van der Waals surface area contributed by atoms with Crippen molar-refractivity contribution in [1.82, 2.24) is 0 Å². The molecule has 0 aliphatic rings. The Morgan fingerprint density at radius 2 is 0.583 bits per heavy atom. The number of hydrogen-bond donors (Lipinski definition) is 0. The molecule has 0 saturated heterocycles. The molecule has 6 heteroatoms. The number of hydrogen-bond acceptors (Lipinski definition) is 6. The predicted octanol–water partition coefficient (Wildman–Crippen LogP) is 17.5. The number of ether oxygens (including phenoxy) is 3. The summed E-state index contributed by atoms with van der Waals surface area (Å²) in [5, 5.41) is 0. The Balaban J connectivity index is 4.13. The molecule has 0 bridgehead atoms. The fourth-order valence-corrected chi connectivity index (χ4v) is 8.19. The number of unbranched alkanes of at least 4 members (excludes halogenated alkanes) is 35. The van der Waals surface area contributed by atoms with Crippen molar-refractivity contribution in [2.45, 2.75) is 310 Å². The smallest absolute Gasteiger partial charge is 0.306 e. The highest BCUT2D eigenvalue weighted by atomic mass is 16.6. The first-order chi connectivity index (χ1) is 29.4. The third-order valence-electron chi connectivity index (χ3n) is 12.7. The molecule has 0 radical (unpaired) electrons. The van der Waals surface area contributed by atoms with Crippen LogP contribution in [0.1, 0.15) is 304 Å². The number of carbonyl (C=O) groups excluding carboxylic acids is 3. The largest absolute Gasteiger partial charge is 0.462 e. The molecule has 0 aromatic heterocycles. The molecule has 0 heterocycles. The van der Waals surface area contributed by atoms with Crippen molar-refractivity contribution in [2.24, 2.45) is 5.92 Å². The van der Waals surface area contributed by atoms with Crippen LogP contribution in [0.2, 0.25) is 0 Å². The summed E-state index contributed by atoms with van der Waals surface area (Å²) in [7, 11) is 0. The van der Waals surface area contributed by atoms with E-state index in [4.69, 9.17) is 14.2 Å². The normalized spacial score (nSPS) is 12.4. The zero-order valence-electron chi connectivity index (χ0n) is 40.9. The summed E-state index contributed by atoms with van der Waals surface area (Å²) < 4.78 is 16.8. The summed E-state index contributed by atoms with van der Waals surface area (Å²) in [5.74, 6) is 0.0599. The van der Waals surface area contributed by atoms with Crippen LogP contribution in [-0.4, -0.2) is 37.2 Å². The van der Waals surface area contributed by atoms with Crippen LogP contribution >= 0.6 is 0 Å². The van der Waals surface area contributed by atoms with Crippen LogP contribution in [0.4, 0.5) is 0 Å². The molecule has 0 rings (SSSR count). The van der Waals surface area contributed by atoms with Crippen molar-refractivity contribution in [3.8, 4) is 0 Å². The lowest BCUT2D eigenvalue weighted by atomic mass is 9.99. The van der Waals surface area contributed by atoms with E-state index in [0.717, 1.165) is 63.7 Å². The molecule has 0 aromatic rings. The SMILES string of the molecule is CCCCCCCCCCCCCCCC(=O)OC[C@@H](COC(=O)CCCCCCCCC)OC(=O)CCCCCCCCCCCCCCCCCCCCC(C)CC. The van der Waals surface area contributed by atoms with Crippen LogP contribution in [-0.2, 0) is 28.6 Å². The van der Waals surface area contributed by atoms with Gasteiger partial charge < -0.3 is 14.2 Å². The lowest BCUT2D eigenvalue weighted by molar-refractivity contribution is -0.167. The van der Waals surface area contributed by atoms with Gasteiger partial charge in [0.15, 0.2) is 6.10 Å². The highest BCUT2D eigenvalue weighted by Crippen LogP contribution is 2.18. The van der Waals surface area contributed by atoms with Gasteiger partial charge in [-0.3, -0.25) is 14.4 Å². The van der Waals surface area contributed by atoms with E-state index in [-0.39, 0.29) is 31.1 Å². The first-order valence-electron chi connectivity index (χ1n) is 26.9. The third-order valence-corrected chi connectivity index (χ3v) is 12.7. The van der Waals surface area contributed by atoms with E-state index in [1.165, 1.54) is 199 Å². The van der Waals surface area contributed by atoms with Gasteiger partial charge in [-0.15, -0.1) is 0 Å². The Kier molecular flexibility index (Phi) is 47.2. The Morgan fingerprint density at radius 1 is 0.333 bits per heavy atom. The third kappa shape index (κ3) is 45.9. The topological polar surface area (TPSA) is 78.9 Å². The number of esters is 3. The molecule has 0 saturated carbocycles. The molecule has 0 aromatic carbocycles. The molecule has 0 aliphatic carbocycles. The molecule has 1 unspecified atom stereocenters. The molecule has 0 fully saturated rings. The van der Waals surface area contributed by atoms with E-state index < -0.39 is 6.10 Å². The quantitative estimate of drug-likeness (QED) is 0.0345. The Morgan fingerprint density at radius 3 is 0.867 bits per heavy atom. The molecule has 0 spiro atoms. The van der Waals surface area contributed by atoms with Crippen LogP contribution in [0.5, 0.6) is 0 Å². The summed E-state index contributed by atoms with van der Waals surface area (Å²) >= 11 is 0. The Labute approximate surface area is 374 Å². The maximum atomic E-state index is 12.8. The fourth-order valence-electron chi connectivity index (χ4n) is 8.19. The molecule has 60 heavy (non-hydrogen) atoms. The Bertz CT molecular complexity index is 905. The second kappa shape index (κ2) is 48.4. The van der Waals surface area contributed by atoms with Gasteiger partial charge in [0.1, 0.15) is 13.2 Å². The van der Waals surface area contributed by atoms with E-state index >= 15 is 0 Å². The molecular formula is C54H104O6. The summed E-state index contributed by atoms with van der Waals surface area (Å²) in [6, 6.07) is 0. The van der Waals surface area contributed by atoms with Crippen molar-refractivity contribution in [1.29, 1.82) is 0 Å². The van der Waals surface area contributed by atoms with Crippen molar-refractivity contribution in [3.05, 3.63) is 0 Å². The van der Waals surface area contributed by atoms with Gasteiger partial charge in [-0.05, 0) is 25.2 Å². The highest BCUT2D eigenvalue weighted by molar-refractivity contribution is 5.71. The summed E-state index contributed by atoms with van der Waals surface area (Å²) in [6.07, 6.45) is 51.0. The van der Waals surface area contributed by atoms with Gasteiger partial charge in [0.25, 0.3) is 0 Å². The summed E-state index contributed by atoms with van der Waals surface area (Å²) in [6.45, 7) is 9.04. The van der Waals surface area contributed by atoms with Crippen molar-refractivity contribution in [2.75, 3.05) is 13.2 Å². The minimum atomic E-state index is -0.759. The minimum Gasteiger partial charge on any atom is -0.462 e. The second-order valence-corrected chi connectivity index (χ2v) is 18.8. The van der Waals surface area contributed by atoms with Crippen LogP contribution in [0.3, 0.4) is 0 Å². The summed E-state index contributed by atoms with van der Waals surface area (Å²) in [4.78, 5) is 37.8. The lowest BCUT2D eigenvalue weighted by Gasteiger charge is -2.18.